The van der Waals surface area contributed by atoms with Crippen molar-refractivity contribution < 1.29 is 27.5 Å². The molecule has 9 heteroatoms. The number of anilines is 1. The van der Waals surface area contributed by atoms with Gasteiger partial charge in [0.25, 0.3) is 5.91 Å². The zero-order valence-corrected chi connectivity index (χ0v) is 17.7. The van der Waals surface area contributed by atoms with Crippen LogP contribution in [0.4, 0.5) is 5.69 Å². The summed E-state index contributed by atoms with van der Waals surface area (Å²) in [6.45, 7) is 5.06. The molecule has 0 saturated heterocycles. The van der Waals surface area contributed by atoms with Crippen LogP contribution < -0.4 is 14.8 Å². The molecule has 0 fully saturated rings. The van der Waals surface area contributed by atoms with E-state index in [9.17, 15) is 18.0 Å². The van der Waals surface area contributed by atoms with Crippen LogP contribution in [-0.4, -0.2) is 40.6 Å². The van der Waals surface area contributed by atoms with E-state index in [0.29, 0.717) is 16.8 Å². The van der Waals surface area contributed by atoms with Crippen LogP contribution in [0.1, 0.15) is 40.1 Å². The van der Waals surface area contributed by atoms with Crippen LogP contribution >= 0.6 is 0 Å². The Kier molecular flexibility index (Phi) is 6.99. The second-order valence-corrected chi connectivity index (χ2v) is 8.25. The Morgan fingerprint density at radius 3 is 2.34 bits per heavy atom. The Labute approximate surface area is 170 Å². The highest BCUT2D eigenvalue weighted by atomic mass is 32.2. The van der Waals surface area contributed by atoms with E-state index in [2.05, 4.69) is 10.0 Å². The Hall–Kier alpha value is -2.91. The first-order valence-electron chi connectivity index (χ1n) is 8.80. The molecule has 0 aliphatic heterocycles. The number of hydrogen-bond acceptors (Lipinski definition) is 6. The molecule has 0 heterocycles. The number of ether oxygens (including phenoxy) is 2. The molecule has 2 aromatic carbocycles. The number of rotatable bonds is 7. The number of carbonyl (C=O) groups is 2. The van der Waals surface area contributed by atoms with Crippen LogP contribution in [0, 0.1) is 6.92 Å². The second-order valence-electron chi connectivity index (χ2n) is 6.57. The van der Waals surface area contributed by atoms with Crippen molar-refractivity contribution in [2.24, 2.45) is 0 Å². The van der Waals surface area contributed by atoms with Crippen molar-refractivity contribution in [3.8, 4) is 5.75 Å². The largest absolute Gasteiger partial charge is 0.495 e. The van der Waals surface area contributed by atoms with E-state index in [4.69, 9.17) is 9.47 Å². The predicted octanol–water partition coefficient (Wildman–Crippen LogP) is 2.73. The van der Waals surface area contributed by atoms with E-state index < -0.39 is 21.9 Å². The molecule has 0 spiro atoms. The fraction of sp³-hybridized carbons (Fsp3) is 0.300. The molecule has 1 amide bonds. The predicted molar refractivity (Wildman–Crippen MR) is 109 cm³/mol. The van der Waals surface area contributed by atoms with Gasteiger partial charge in [0.2, 0.25) is 10.0 Å². The number of sulfonamides is 1. The van der Waals surface area contributed by atoms with Crippen LogP contribution in [-0.2, 0) is 14.8 Å². The molecule has 0 unspecified atom stereocenters. The Morgan fingerprint density at radius 1 is 1.07 bits per heavy atom. The third-order valence-corrected chi connectivity index (χ3v) is 5.77. The van der Waals surface area contributed by atoms with Gasteiger partial charge in [-0.2, -0.15) is 0 Å². The van der Waals surface area contributed by atoms with Crippen molar-refractivity contribution in [1.82, 2.24) is 4.72 Å². The smallest absolute Gasteiger partial charge is 0.338 e. The monoisotopic (exact) mass is 420 g/mol. The van der Waals surface area contributed by atoms with Gasteiger partial charge >= 0.3 is 5.97 Å². The maximum absolute atomic E-state index is 12.7. The minimum Gasteiger partial charge on any atom is -0.495 e. The lowest BCUT2D eigenvalue weighted by Crippen LogP contribution is -2.30. The summed E-state index contributed by atoms with van der Waals surface area (Å²) in [7, 11) is -1.25. The third-order valence-electron chi connectivity index (χ3n) is 4.09. The number of esters is 1. The summed E-state index contributed by atoms with van der Waals surface area (Å²) in [5, 5.41) is 2.70. The average Bonchev–Trinajstić information content (AvgIpc) is 2.67. The molecule has 0 atom stereocenters. The average molecular weight is 420 g/mol. The van der Waals surface area contributed by atoms with Crippen molar-refractivity contribution in [2.75, 3.05) is 19.5 Å². The molecular formula is C20H24N2O6S. The maximum atomic E-state index is 12.7. The molecule has 2 N–H and O–H groups in total. The number of benzene rings is 2. The van der Waals surface area contributed by atoms with E-state index in [-0.39, 0.29) is 22.3 Å². The van der Waals surface area contributed by atoms with Crippen molar-refractivity contribution in [3.63, 3.8) is 0 Å². The lowest BCUT2D eigenvalue weighted by Gasteiger charge is -2.15. The first-order chi connectivity index (χ1) is 13.6. The molecule has 0 saturated carbocycles. The minimum atomic E-state index is -3.88. The number of amides is 1. The Morgan fingerprint density at radius 2 is 1.76 bits per heavy atom. The maximum Gasteiger partial charge on any atom is 0.338 e. The molecule has 2 rings (SSSR count). The van der Waals surface area contributed by atoms with Crippen molar-refractivity contribution >= 4 is 27.6 Å². The van der Waals surface area contributed by atoms with Gasteiger partial charge in [0.1, 0.15) is 10.6 Å². The molecule has 156 valence electrons. The lowest BCUT2D eigenvalue weighted by atomic mass is 10.1. The molecule has 0 aromatic heterocycles. The third kappa shape index (κ3) is 5.12. The summed E-state index contributed by atoms with van der Waals surface area (Å²) < 4.78 is 37.5. The van der Waals surface area contributed by atoms with Crippen molar-refractivity contribution in [3.05, 3.63) is 53.1 Å². The first kappa shape index (κ1) is 22.4. The lowest BCUT2D eigenvalue weighted by molar-refractivity contribution is 0.0599. The topological polar surface area (TPSA) is 111 Å². The molecule has 0 radical (unpaired) electrons. The van der Waals surface area contributed by atoms with Gasteiger partial charge in [-0.15, -0.1) is 0 Å². The van der Waals surface area contributed by atoms with Crippen molar-refractivity contribution in [1.29, 1.82) is 0 Å². The number of carbonyl (C=O) groups excluding carboxylic acids is 2. The van der Waals surface area contributed by atoms with E-state index >= 15 is 0 Å². The zero-order chi connectivity index (χ0) is 21.8. The highest BCUT2D eigenvalue weighted by Crippen LogP contribution is 2.26. The molecule has 0 aliphatic carbocycles. The summed E-state index contributed by atoms with van der Waals surface area (Å²) in [5.41, 5.74) is 1.40. The molecular weight excluding hydrogens is 396 g/mol. The quantitative estimate of drug-likeness (QED) is 0.667. The van der Waals surface area contributed by atoms with Gasteiger partial charge in [-0.1, -0.05) is 6.07 Å². The Bertz CT molecular complexity index is 1030. The number of methoxy groups -OCH3 is 2. The summed E-state index contributed by atoms with van der Waals surface area (Å²) in [4.78, 5) is 24.4. The van der Waals surface area contributed by atoms with Crippen LogP contribution in [0.5, 0.6) is 5.75 Å². The van der Waals surface area contributed by atoms with Gasteiger partial charge in [-0.05, 0) is 56.7 Å². The SMILES string of the molecule is COC(=O)c1cccc(NC(=O)c2ccc(OC)c(S(=O)(=O)NC(C)C)c2)c1C. The van der Waals surface area contributed by atoms with Gasteiger partial charge in [0.05, 0.1) is 19.8 Å². The molecule has 29 heavy (non-hydrogen) atoms. The highest BCUT2D eigenvalue weighted by molar-refractivity contribution is 7.89. The molecule has 8 nitrogen and oxygen atoms in total. The Balaban J connectivity index is 2.40. The number of nitrogens with one attached hydrogen (secondary N) is 2. The fourth-order valence-corrected chi connectivity index (χ4v) is 4.14. The minimum absolute atomic E-state index is 0.123. The highest BCUT2D eigenvalue weighted by Gasteiger charge is 2.23. The van der Waals surface area contributed by atoms with Crippen LogP contribution in [0.2, 0.25) is 0 Å². The van der Waals surface area contributed by atoms with E-state index in [1.807, 2.05) is 0 Å². The summed E-state index contributed by atoms with van der Waals surface area (Å²) in [5.74, 6) is -0.923. The van der Waals surface area contributed by atoms with Crippen LogP contribution in [0.15, 0.2) is 41.3 Å². The fourth-order valence-electron chi connectivity index (χ4n) is 2.70. The van der Waals surface area contributed by atoms with E-state index in [1.54, 1.807) is 39.0 Å². The van der Waals surface area contributed by atoms with Gasteiger partial charge in [-0.3, -0.25) is 4.79 Å². The van der Waals surface area contributed by atoms with Crippen LogP contribution in [0.3, 0.4) is 0 Å². The standard InChI is InChI=1S/C20H24N2O6S/c1-12(2)22-29(25,26)18-11-14(9-10-17(18)27-4)19(23)21-16-8-6-7-15(13(16)3)20(24)28-5/h6-12,22H,1-5H3,(H,21,23). The van der Waals surface area contributed by atoms with Gasteiger partial charge < -0.3 is 14.8 Å². The molecule has 2 aromatic rings. The molecule has 0 aliphatic rings. The van der Waals surface area contributed by atoms with Gasteiger partial charge in [0, 0.05) is 17.3 Å². The first-order valence-corrected chi connectivity index (χ1v) is 10.3. The van der Waals surface area contributed by atoms with E-state index in [0.717, 1.165) is 0 Å². The normalized spacial score (nSPS) is 11.2. The summed E-state index contributed by atoms with van der Waals surface area (Å²) >= 11 is 0. The van der Waals surface area contributed by atoms with Crippen LogP contribution in [0.25, 0.3) is 0 Å². The van der Waals surface area contributed by atoms with Gasteiger partial charge in [0.15, 0.2) is 0 Å². The molecule has 0 bridgehead atoms. The number of hydrogen-bond donors (Lipinski definition) is 2. The van der Waals surface area contributed by atoms with E-state index in [1.165, 1.54) is 32.4 Å². The second kappa shape index (κ2) is 9.06. The zero-order valence-electron chi connectivity index (χ0n) is 16.9. The van der Waals surface area contributed by atoms with Gasteiger partial charge in [-0.25, -0.2) is 17.9 Å². The van der Waals surface area contributed by atoms with Crippen molar-refractivity contribution in [2.45, 2.75) is 31.7 Å². The summed E-state index contributed by atoms with van der Waals surface area (Å²) in [6.07, 6.45) is 0. The summed E-state index contributed by atoms with van der Waals surface area (Å²) in [6, 6.07) is 8.65.